The van der Waals surface area contributed by atoms with Crippen molar-refractivity contribution >= 4 is 11.6 Å². The second kappa shape index (κ2) is 1.89. The Morgan fingerprint density at radius 2 is 2.50 bits per heavy atom. The lowest BCUT2D eigenvalue weighted by Gasteiger charge is -1.73. The molecule has 3 heteroatoms. The number of nitrogens with zero attached hydrogens (tertiary/aromatic N) is 1. The third-order valence-corrected chi connectivity index (χ3v) is 1.03. The molecule has 1 rings (SSSR count). The summed E-state index contributed by atoms with van der Waals surface area (Å²) >= 11 is 5.35. The molecule has 0 saturated carbocycles. The van der Waals surface area contributed by atoms with Crippen molar-refractivity contribution in [1.82, 2.24) is 0 Å². The predicted molar refractivity (Wildman–Crippen MR) is 28.4 cm³/mol. The van der Waals surface area contributed by atoms with Gasteiger partial charge in [0.05, 0.1) is 6.26 Å². The van der Waals surface area contributed by atoms with Crippen LogP contribution in [0.4, 0.5) is 0 Å². The van der Waals surface area contributed by atoms with Crippen molar-refractivity contribution in [2.45, 2.75) is 0 Å². The largest absolute Gasteiger partial charge is 0.452 e. The lowest BCUT2D eigenvalue weighted by Crippen LogP contribution is -1.60. The summed E-state index contributed by atoms with van der Waals surface area (Å²) in [4.78, 5) is 0. The number of halogens is 1. The molecule has 1 aromatic rings. The lowest BCUT2D eigenvalue weighted by molar-refractivity contribution is 0.568. The SMILES string of the molecule is N#Cc1ccoc1Cl. The van der Waals surface area contributed by atoms with Gasteiger partial charge < -0.3 is 4.42 Å². The Bertz CT molecular complexity index is 223. The summed E-state index contributed by atoms with van der Waals surface area (Å²) in [6.07, 6.45) is 1.38. The zero-order chi connectivity index (χ0) is 5.98. The summed E-state index contributed by atoms with van der Waals surface area (Å²) in [6.45, 7) is 0. The van der Waals surface area contributed by atoms with Crippen molar-refractivity contribution < 1.29 is 4.42 Å². The molecule has 0 N–H and O–H groups in total. The van der Waals surface area contributed by atoms with E-state index >= 15 is 0 Å². The predicted octanol–water partition coefficient (Wildman–Crippen LogP) is 1.80. The molecule has 0 aliphatic carbocycles. The molecule has 1 aromatic heterocycles. The Hall–Kier alpha value is -0.940. The average Bonchev–Trinajstić information content (AvgIpc) is 2.14. The van der Waals surface area contributed by atoms with Gasteiger partial charge in [-0.05, 0) is 17.7 Å². The second-order valence-corrected chi connectivity index (χ2v) is 1.56. The Balaban J connectivity index is 3.15. The molecule has 8 heavy (non-hydrogen) atoms. The topological polar surface area (TPSA) is 36.9 Å². The average molecular weight is 128 g/mol. The molecule has 0 radical (unpaired) electrons. The molecule has 0 aliphatic rings. The summed E-state index contributed by atoms with van der Waals surface area (Å²) in [7, 11) is 0. The van der Waals surface area contributed by atoms with Crippen LogP contribution in [0.25, 0.3) is 0 Å². The Kier molecular flexibility index (Phi) is 1.23. The van der Waals surface area contributed by atoms with Gasteiger partial charge in [0.25, 0.3) is 0 Å². The van der Waals surface area contributed by atoms with Gasteiger partial charge in [0.1, 0.15) is 11.6 Å². The van der Waals surface area contributed by atoms with E-state index in [2.05, 4.69) is 4.42 Å². The zero-order valence-corrected chi connectivity index (χ0v) is 4.64. The van der Waals surface area contributed by atoms with E-state index in [0.29, 0.717) is 5.56 Å². The highest BCUT2D eigenvalue weighted by molar-refractivity contribution is 6.29. The number of furan rings is 1. The van der Waals surface area contributed by atoms with Crippen molar-refractivity contribution in [3.63, 3.8) is 0 Å². The Morgan fingerprint density at radius 3 is 2.75 bits per heavy atom. The maximum Gasteiger partial charge on any atom is 0.210 e. The van der Waals surface area contributed by atoms with E-state index in [1.807, 2.05) is 6.07 Å². The van der Waals surface area contributed by atoms with Crippen molar-refractivity contribution in [2.75, 3.05) is 0 Å². The minimum absolute atomic E-state index is 0.160. The van der Waals surface area contributed by atoms with Gasteiger partial charge in [0.15, 0.2) is 0 Å². The maximum atomic E-state index is 8.21. The molecule has 0 amide bonds. The first kappa shape index (κ1) is 5.20. The quantitative estimate of drug-likeness (QED) is 0.533. The van der Waals surface area contributed by atoms with E-state index in [4.69, 9.17) is 16.9 Å². The van der Waals surface area contributed by atoms with E-state index < -0.39 is 0 Å². The third kappa shape index (κ3) is 0.682. The highest BCUT2D eigenvalue weighted by atomic mass is 35.5. The number of rotatable bonds is 0. The Morgan fingerprint density at radius 1 is 1.75 bits per heavy atom. The molecular weight excluding hydrogens is 126 g/mol. The van der Waals surface area contributed by atoms with Gasteiger partial charge in [-0.3, -0.25) is 0 Å². The lowest BCUT2D eigenvalue weighted by atomic mass is 10.4. The molecule has 0 bridgehead atoms. The van der Waals surface area contributed by atoms with Gasteiger partial charge in [-0.25, -0.2) is 0 Å². The fourth-order valence-corrected chi connectivity index (χ4v) is 0.529. The zero-order valence-electron chi connectivity index (χ0n) is 3.89. The molecule has 1 heterocycles. The van der Waals surface area contributed by atoms with Gasteiger partial charge in [-0.15, -0.1) is 0 Å². The summed E-state index contributed by atoms with van der Waals surface area (Å²) in [5.74, 6) is 0. The van der Waals surface area contributed by atoms with Crippen LogP contribution in [0.2, 0.25) is 5.22 Å². The normalized spacial score (nSPS) is 8.50. The second-order valence-electron chi connectivity index (χ2n) is 1.22. The molecule has 0 spiro atoms. The molecular formula is C5H2ClNO. The monoisotopic (exact) mass is 127 g/mol. The minimum atomic E-state index is 0.160. The standard InChI is InChI=1S/C5H2ClNO/c6-5-4(3-7)1-2-8-5/h1-2H. The molecule has 2 nitrogen and oxygen atoms in total. The highest BCUT2D eigenvalue weighted by Crippen LogP contribution is 2.14. The van der Waals surface area contributed by atoms with Crippen molar-refractivity contribution in [1.29, 1.82) is 5.26 Å². The first-order valence-electron chi connectivity index (χ1n) is 1.97. The minimum Gasteiger partial charge on any atom is -0.452 e. The molecule has 0 fully saturated rings. The van der Waals surface area contributed by atoms with Gasteiger partial charge in [-0.1, -0.05) is 0 Å². The number of hydrogen-bond acceptors (Lipinski definition) is 2. The van der Waals surface area contributed by atoms with Crippen molar-refractivity contribution in [3.8, 4) is 6.07 Å². The highest BCUT2D eigenvalue weighted by Gasteiger charge is 1.98. The number of hydrogen-bond donors (Lipinski definition) is 0. The van der Waals surface area contributed by atoms with Crippen LogP contribution in [0.15, 0.2) is 16.7 Å². The first-order chi connectivity index (χ1) is 3.84. The molecule has 0 aliphatic heterocycles. The maximum absolute atomic E-state index is 8.21. The van der Waals surface area contributed by atoms with E-state index in [1.54, 1.807) is 0 Å². The van der Waals surface area contributed by atoms with E-state index in [1.165, 1.54) is 12.3 Å². The van der Waals surface area contributed by atoms with Gasteiger partial charge >= 0.3 is 0 Å². The van der Waals surface area contributed by atoms with Crippen LogP contribution in [-0.4, -0.2) is 0 Å². The molecule has 40 valence electrons. The molecule has 0 atom stereocenters. The van der Waals surface area contributed by atoms with Gasteiger partial charge in [0, 0.05) is 0 Å². The van der Waals surface area contributed by atoms with E-state index in [9.17, 15) is 0 Å². The van der Waals surface area contributed by atoms with Crippen LogP contribution in [0.3, 0.4) is 0 Å². The van der Waals surface area contributed by atoms with E-state index in [0.717, 1.165) is 0 Å². The summed E-state index contributed by atoms with van der Waals surface area (Å²) in [5.41, 5.74) is 0.381. The van der Waals surface area contributed by atoms with Crippen LogP contribution in [-0.2, 0) is 0 Å². The van der Waals surface area contributed by atoms with Gasteiger partial charge in [0.2, 0.25) is 5.22 Å². The van der Waals surface area contributed by atoms with Crippen molar-refractivity contribution in [2.24, 2.45) is 0 Å². The summed E-state index contributed by atoms with van der Waals surface area (Å²) in [5, 5.41) is 8.37. The third-order valence-electron chi connectivity index (χ3n) is 0.738. The van der Waals surface area contributed by atoms with Gasteiger partial charge in [-0.2, -0.15) is 5.26 Å². The molecule has 0 saturated heterocycles. The molecule has 0 unspecified atom stereocenters. The van der Waals surface area contributed by atoms with Crippen LogP contribution in [0, 0.1) is 11.3 Å². The number of nitriles is 1. The van der Waals surface area contributed by atoms with Crippen molar-refractivity contribution in [3.05, 3.63) is 23.1 Å². The summed E-state index contributed by atoms with van der Waals surface area (Å²) in [6, 6.07) is 3.37. The fraction of sp³-hybridized carbons (Fsp3) is 0. The summed E-state index contributed by atoms with van der Waals surface area (Å²) < 4.78 is 4.60. The fourth-order valence-electron chi connectivity index (χ4n) is 0.372. The first-order valence-corrected chi connectivity index (χ1v) is 2.35. The van der Waals surface area contributed by atoms with Crippen LogP contribution in [0.5, 0.6) is 0 Å². The van der Waals surface area contributed by atoms with Crippen LogP contribution >= 0.6 is 11.6 Å². The smallest absolute Gasteiger partial charge is 0.210 e. The van der Waals surface area contributed by atoms with E-state index in [-0.39, 0.29) is 5.22 Å². The van der Waals surface area contributed by atoms with Crippen LogP contribution in [0.1, 0.15) is 5.56 Å². The van der Waals surface area contributed by atoms with Crippen LogP contribution < -0.4 is 0 Å². The molecule has 0 aromatic carbocycles. The Labute approximate surface area is 51.3 Å².